The average molecular weight is 298 g/mol. The van der Waals surface area contributed by atoms with Crippen LogP contribution in [0.1, 0.15) is 34.3 Å². The molecule has 3 heteroatoms. The molecule has 0 amide bonds. The quantitative estimate of drug-likeness (QED) is 0.571. The van der Waals surface area contributed by atoms with Gasteiger partial charge in [0.15, 0.2) is 0 Å². The fourth-order valence-corrected chi connectivity index (χ4v) is 2.58. The van der Waals surface area contributed by atoms with E-state index in [0.29, 0.717) is 11.3 Å². The van der Waals surface area contributed by atoms with Gasteiger partial charge < -0.3 is 9.47 Å². The molecular formula is C19H22O3. The lowest BCUT2D eigenvalue weighted by Gasteiger charge is -2.12. The Balaban J connectivity index is 1.99. The fraction of sp³-hybridized carbons (Fsp3) is 0.316. The molecule has 2 aromatic rings. The molecule has 0 radical (unpaired) electrons. The third-order valence-electron chi connectivity index (χ3n) is 3.73. The first-order valence-electron chi connectivity index (χ1n) is 7.54. The van der Waals surface area contributed by atoms with Crippen LogP contribution in [0.15, 0.2) is 48.5 Å². The van der Waals surface area contributed by atoms with Crippen molar-refractivity contribution < 1.29 is 14.3 Å². The summed E-state index contributed by atoms with van der Waals surface area (Å²) in [7, 11) is 2.97. The van der Waals surface area contributed by atoms with E-state index >= 15 is 0 Å². The van der Waals surface area contributed by atoms with Crippen LogP contribution < -0.4 is 4.74 Å². The lowest BCUT2D eigenvalue weighted by atomic mass is 9.99. The Labute approximate surface area is 131 Å². The van der Waals surface area contributed by atoms with Gasteiger partial charge in [0.25, 0.3) is 0 Å². The van der Waals surface area contributed by atoms with Gasteiger partial charge in [-0.05, 0) is 42.9 Å². The summed E-state index contributed by atoms with van der Waals surface area (Å²) in [6.45, 7) is 0. The third-order valence-corrected chi connectivity index (χ3v) is 3.73. The van der Waals surface area contributed by atoms with Crippen LogP contribution in [-0.4, -0.2) is 20.2 Å². The van der Waals surface area contributed by atoms with E-state index in [2.05, 4.69) is 24.3 Å². The Hall–Kier alpha value is -2.29. The van der Waals surface area contributed by atoms with Crippen LogP contribution >= 0.6 is 0 Å². The number of carbonyl (C=O) groups excluding carboxylic acids is 1. The van der Waals surface area contributed by atoms with Crippen molar-refractivity contribution in [1.29, 1.82) is 0 Å². The Morgan fingerprint density at radius 3 is 2.32 bits per heavy atom. The number of aryl methyl sites for hydroxylation is 2. The van der Waals surface area contributed by atoms with E-state index < -0.39 is 0 Å². The second-order valence-electron chi connectivity index (χ2n) is 5.18. The molecule has 0 aliphatic heterocycles. The number of hydrogen-bond donors (Lipinski definition) is 0. The number of carbonyl (C=O) groups is 1. The SMILES string of the molecule is COC(=O)c1c(CCCCc2ccccc2)cccc1OC. The highest BCUT2D eigenvalue weighted by molar-refractivity contribution is 5.94. The summed E-state index contributed by atoms with van der Waals surface area (Å²) < 4.78 is 10.2. The number of esters is 1. The molecule has 3 nitrogen and oxygen atoms in total. The molecule has 116 valence electrons. The first-order chi connectivity index (χ1) is 10.8. The van der Waals surface area contributed by atoms with Gasteiger partial charge in [0, 0.05) is 0 Å². The van der Waals surface area contributed by atoms with Gasteiger partial charge in [0.1, 0.15) is 11.3 Å². The van der Waals surface area contributed by atoms with Gasteiger partial charge in [-0.3, -0.25) is 0 Å². The molecule has 0 spiro atoms. The van der Waals surface area contributed by atoms with Crippen LogP contribution in [0.3, 0.4) is 0 Å². The highest BCUT2D eigenvalue weighted by atomic mass is 16.5. The van der Waals surface area contributed by atoms with Crippen molar-refractivity contribution in [2.45, 2.75) is 25.7 Å². The third kappa shape index (κ3) is 4.10. The summed E-state index contributed by atoms with van der Waals surface area (Å²) in [4.78, 5) is 12.0. The van der Waals surface area contributed by atoms with Crippen molar-refractivity contribution in [3.05, 3.63) is 65.2 Å². The lowest BCUT2D eigenvalue weighted by molar-refractivity contribution is 0.0595. The molecule has 22 heavy (non-hydrogen) atoms. The van der Waals surface area contributed by atoms with Gasteiger partial charge in [-0.15, -0.1) is 0 Å². The number of hydrogen-bond acceptors (Lipinski definition) is 3. The Morgan fingerprint density at radius 2 is 1.64 bits per heavy atom. The molecule has 0 aliphatic carbocycles. The van der Waals surface area contributed by atoms with Crippen LogP contribution in [0, 0.1) is 0 Å². The van der Waals surface area contributed by atoms with Crippen LogP contribution in [0.4, 0.5) is 0 Å². The van der Waals surface area contributed by atoms with Crippen molar-refractivity contribution in [2.75, 3.05) is 14.2 Å². The monoisotopic (exact) mass is 298 g/mol. The van der Waals surface area contributed by atoms with Crippen LogP contribution in [0.5, 0.6) is 5.75 Å². The summed E-state index contributed by atoms with van der Waals surface area (Å²) in [6, 6.07) is 16.1. The molecule has 2 rings (SSSR count). The van der Waals surface area contributed by atoms with E-state index in [-0.39, 0.29) is 5.97 Å². The van der Waals surface area contributed by atoms with Gasteiger partial charge >= 0.3 is 5.97 Å². The van der Waals surface area contributed by atoms with Gasteiger partial charge in [-0.1, -0.05) is 42.5 Å². The van der Waals surface area contributed by atoms with Crippen molar-refractivity contribution in [2.24, 2.45) is 0 Å². The summed E-state index contributed by atoms with van der Waals surface area (Å²) in [5.74, 6) is 0.239. The fourth-order valence-electron chi connectivity index (χ4n) is 2.58. The summed E-state index contributed by atoms with van der Waals surface area (Å²) in [5, 5.41) is 0. The van der Waals surface area contributed by atoms with Gasteiger partial charge in [-0.2, -0.15) is 0 Å². The van der Waals surface area contributed by atoms with E-state index in [9.17, 15) is 4.79 Å². The smallest absolute Gasteiger partial charge is 0.341 e. The zero-order valence-corrected chi connectivity index (χ0v) is 13.2. The van der Waals surface area contributed by atoms with Crippen molar-refractivity contribution in [1.82, 2.24) is 0 Å². The molecule has 0 saturated carbocycles. The maximum Gasteiger partial charge on any atom is 0.341 e. The van der Waals surface area contributed by atoms with Crippen LogP contribution in [0.25, 0.3) is 0 Å². The predicted octanol–water partition coefficient (Wildman–Crippen LogP) is 4.05. The zero-order chi connectivity index (χ0) is 15.8. The highest BCUT2D eigenvalue weighted by Crippen LogP contribution is 2.24. The largest absolute Gasteiger partial charge is 0.496 e. The number of unbranched alkanes of at least 4 members (excludes halogenated alkanes) is 1. The Morgan fingerprint density at radius 1 is 0.909 bits per heavy atom. The van der Waals surface area contributed by atoms with E-state index in [1.54, 1.807) is 13.2 Å². The topological polar surface area (TPSA) is 35.5 Å². The predicted molar refractivity (Wildman–Crippen MR) is 87.4 cm³/mol. The molecule has 0 atom stereocenters. The first-order valence-corrected chi connectivity index (χ1v) is 7.54. The van der Waals surface area contributed by atoms with Gasteiger partial charge in [-0.25, -0.2) is 4.79 Å². The van der Waals surface area contributed by atoms with E-state index in [1.807, 2.05) is 18.2 Å². The Bertz CT molecular complexity index is 605. The van der Waals surface area contributed by atoms with Gasteiger partial charge in [0.05, 0.1) is 14.2 Å². The average Bonchev–Trinajstić information content (AvgIpc) is 2.58. The molecule has 0 unspecified atom stereocenters. The van der Waals surface area contributed by atoms with E-state index in [4.69, 9.17) is 9.47 Å². The molecular weight excluding hydrogens is 276 g/mol. The molecule has 0 N–H and O–H groups in total. The molecule has 2 aromatic carbocycles. The lowest BCUT2D eigenvalue weighted by Crippen LogP contribution is -2.08. The molecule has 0 fully saturated rings. The zero-order valence-electron chi connectivity index (χ0n) is 13.2. The number of benzene rings is 2. The second-order valence-corrected chi connectivity index (χ2v) is 5.18. The minimum atomic E-state index is -0.337. The highest BCUT2D eigenvalue weighted by Gasteiger charge is 2.17. The van der Waals surface area contributed by atoms with E-state index in [0.717, 1.165) is 31.2 Å². The maximum atomic E-state index is 12.0. The maximum absolute atomic E-state index is 12.0. The minimum absolute atomic E-state index is 0.337. The number of ether oxygens (including phenoxy) is 2. The molecule has 0 aliphatic rings. The van der Waals surface area contributed by atoms with Crippen molar-refractivity contribution in [3.8, 4) is 5.75 Å². The Kier molecular flexibility index (Phi) is 6.01. The van der Waals surface area contributed by atoms with E-state index in [1.165, 1.54) is 12.7 Å². The van der Waals surface area contributed by atoms with Crippen LogP contribution in [0.2, 0.25) is 0 Å². The molecule has 0 aromatic heterocycles. The minimum Gasteiger partial charge on any atom is -0.496 e. The standard InChI is InChI=1S/C19H22O3/c1-21-17-14-8-13-16(18(17)19(20)22-2)12-7-6-11-15-9-4-3-5-10-15/h3-5,8-10,13-14H,6-7,11-12H2,1-2H3. The normalized spacial score (nSPS) is 10.3. The summed E-state index contributed by atoms with van der Waals surface area (Å²) in [6.07, 6.45) is 4.00. The number of rotatable bonds is 7. The summed E-state index contributed by atoms with van der Waals surface area (Å²) >= 11 is 0. The van der Waals surface area contributed by atoms with Crippen molar-refractivity contribution in [3.63, 3.8) is 0 Å². The molecule has 0 bridgehead atoms. The van der Waals surface area contributed by atoms with Gasteiger partial charge in [0.2, 0.25) is 0 Å². The van der Waals surface area contributed by atoms with Crippen molar-refractivity contribution >= 4 is 5.97 Å². The summed E-state index contributed by atoms with van der Waals surface area (Å²) in [5.41, 5.74) is 2.88. The second kappa shape index (κ2) is 8.23. The number of methoxy groups -OCH3 is 2. The van der Waals surface area contributed by atoms with Crippen LogP contribution in [-0.2, 0) is 17.6 Å². The first kappa shape index (κ1) is 16.1. The molecule has 0 heterocycles. The molecule has 0 saturated heterocycles.